The average Bonchev–Trinajstić information content (AvgIpc) is 2.62. The standard InChI is InChI=1S/C11H12N2O3/c12-9(8-4-2-1-3-5-8)6-13-10(14)7-16-11(13)15/h1-5,9H,6-7,12H2. The highest BCUT2D eigenvalue weighted by Gasteiger charge is 2.32. The second-order valence-electron chi connectivity index (χ2n) is 3.58. The van der Waals surface area contributed by atoms with Crippen molar-refractivity contribution in [2.75, 3.05) is 13.2 Å². The first-order valence-electron chi connectivity index (χ1n) is 4.96. The highest BCUT2D eigenvalue weighted by molar-refractivity contribution is 5.97. The van der Waals surface area contributed by atoms with Gasteiger partial charge in [0.05, 0.1) is 6.54 Å². The molecule has 1 aliphatic rings. The zero-order valence-corrected chi connectivity index (χ0v) is 8.63. The van der Waals surface area contributed by atoms with Crippen LogP contribution >= 0.6 is 0 Å². The fraction of sp³-hybridized carbons (Fsp3) is 0.273. The molecule has 1 heterocycles. The predicted molar refractivity (Wildman–Crippen MR) is 56.4 cm³/mol. The summed E-state index contributed by atoms with van der Waals surface area (Å²) in [6.07, 6.45) is -0.614. The average molecular weight is 220 g/mol. The van der Waals surface area contributed by atoms with Crippen LogP contribution in [0.2, 0.25) is 0 Å². The fourth-order valence-corrected chi connectivity index (χ4v) is 1.56. The molecule has 1 saturated heterocycles. The molecule has 0 bridgehead atoms. The van der Waals surface area contributed by atoms with Crippen LogP contribution in [-0.2, 0) is 9.53 Å². The van der Waals surface area contributed by atoms with Crippen LogP contribution < -0.4 is 5.73 Å². The Kier molecular flexibility index (Phi) is 2.87. The summed E-state index contributed by atoms with van der Waals surface area (Å²) in [4.78, 5) is 23.5. The maximum atomic E-state index is 11.3. The largest absolute Gasteiger partial charge is 0.439 e. The minimum absolute atomic E-state index is 0.154. The molecular weight excluding hydrogens is 208 g/mol. The first-order chi connectivity index (χ1) is 7.68. The minimum Gasteiger partial charge on any atom is -0.439 e. The number of amides is 2. The Balaban J connectivity index is 2.05. The number of carbonyl (C=O) groups is 2. The van der Waals surface area contributed by atoms with Crippen LogP contribution in [0.5, 0.6) is 0 Å². The van der Waals surface area contributed by atoms with Crippen LogP contribution in [0.25, 0.3) is 0 Å². The second kappa shape index (κ2) is 4.32. The lowest BCUT2D eigenvalue weighted by Crippen LogP contribution is -2.36. The molecule has 0 spiro atoms. The van der Waals surface area contributed by atoms with E-state index in [9.17, 15) is 9.59 Å². The maximum Gasteiger partial charge on any atom is 0.417 e. The lowest BCUT2D eigenvalue weighted by atomic mass is 10.1. The third-order valence-electron chi connectivity index (χ3n) is 2.45. The van der Waals surface area contributed by atoms with Gasteiger partial charge in [0.15, 0.2) is 6.61 Å². The molecule has 1 aromatic carbocycles. The molecule has 1 unspecified atom stereocenters. The van der Waals surface area contributed by atoms with E-state index >= 15 is 0 Å². The van der Waals surface area contributed by atoms with E-state index in [4.69, 9.17) is 5.73 Å². The van der Waals surface area contributed by atoms with E-state index in [1.165, 1.54) is 0 Å². The van der Waals surface area contributed by atoms with Crippen molar-refractivity contribution in [3.63, 3.8) is 0 Å². The Morgan fingerprint density at radius 2 is 2.00 bits per heavy atom. The third kappa shape index (κ3) is 2.04. The van der Waals surface area contributed by atoms with Gasteiger partial charge < -0.3 is 10.5 Å². The second-order valence-corrected chi connectivity index (χ2v) is 3.58. The van der Waals surface area contributed by atoms with Crippen molar-refractivity contribution in [2.45, 2.75) is 6.04 Å². The number of ether oxygens (including phenoxy) is 1. The van der Waals surface area contributed by atoms with Gasteiger partial charge in [-0.25, -0.2) is 9.69 Å². The summed E-state index contributed by atoms with van der Waals surface area (Å²) in [5, 5.41) is 0. The maximum absolute atomic E-state index is 11.3. The molecule has 1 fully saturated rings. The number of hydrogen-bond acceptors (Lipinski definition) is 4. The number of cyclic esters (lactones) is 1. The van der Waals surface area contributed by atoms with Crippen LogP contribution in [0.15, 0.2) is 30.3 Å². The molecule has 5 nitrogen and oxygen atoms in total. The molecule has 0 radical (unpaired) electrons. The normalized spacial score (nSPS) is 17.4. The van der Waals surface area contributed by atoms with Crippen LogP contribution in [-0.4, -0.2) is 30.1 Å². The monoisotopic (exact) mass is 220 g/mol. The van der Waals surface area contributed by atoms with E-state index in [0.29, 0.717) is 0 Å². The number of hydrogen-bond donors (Lipinski definition) is 1. The highest BCUT2D eigenvalue weighted by Crippen LogP contribution is 2.14. The van der Waals surface area contributed by atoms with Crippen LogP contribution in [0.3, 0.4) is 0 Å². The fourth-order valence-electron chi connectivity index (χ4n) is 1.56. The molecule has 0 aliphatic carbocycles. The van der Waals surface area contributed by atoms with Gasteiger partial charge in [-0.1, -0.05) is 30.3 Å². The summed E-state index contributed by atoms with van der Waals surface area (Å²) in [5.74, 6) is -0.337. The summed E-state index contributed by atoms with van der Waals surface area (Å²) >= 11 is 0. The van der Waals surface area contributed by atoms with Crippen molar-refractivity contribution in [3.8, 4) is 0 Å². The number of rotatable bonds is 3. The predicted octanol–water partition coefficient (Wildman–Crippen LogP) is 0.665. The van der Waals surface area contributed by atoms with Gasteiger partial charge in [-0.2, -0.15) is 0 Å². The van der Waals surface area contributed by atoms with Gasteiger partial charge in [-0.15, -0.1) is 0 Å². The topological polar surface area (TPSA) is 72.6 Å². The van der Waals surface area contributed by atoms with Crippen LogP contribution in [0.4, 0.5) is 4.79 Å². The Morgan fingerprint density at radius 1 is 1.31 bits per heavy atom. The van der Waals surface area contributed by atoms with Crippen LogP contribution in [0.1, 0.15) is 11.6 Å². The lowest BCUT2D eigenvalue weighted by Gasteiger charge is -2.17. The van der Waals surface area contributed by atoms with Crippen molar-refractivity contribution >= 4 is 12.0 Å². The van der Waals surface area contributed by atoms with Crippen molar-refractivity contribution < 1.29 is 14.3 Å². The molecule has 1 aromatic rings. The summed E-state index contributed by atoms with van der Waals surface area (Å²) in [5.41, 5.74) is 6.78. The quantitative estimate of drug-likeness (QED) is 0.812. The molecule has 2 N–H and O–H groups in total. The SMILES string of the molecule is NC(CN1C(=O)COC1=O)c1ccccc1. The third-order valence-corrected chi connectivity index (χ3v) is 2.45. The molecule has 1 atom stereocenters. The smallest absolute Gasteiger partial charge is 0.417 e. The van der Waals surface area contributed by atoms with Crippen molar-refractivity contribution in [2.24, 2.45) is 5.73 Å². The number of imide groups is 1. The lowest BCUT2D eigenvalue weighted by molar-refractivity contribution is -0.126. The van der Waals surface area contributed by atoms with E-state index in [1.54, 1.807) is 0 Å². The summed E-state index contributed by atoms with van der Waals surface area (Å²) in [7, 11) is 0. The minimum atomic E-state index is -0.614. The molecule has 16 heavy (non-hydrogen) atoms. The number of benzene rings is 1. The van der Waals surface area contributed by atoms with Crippen molar-refractivity contribution in [3.05, 3.63) is 35.9 Å². The van der Waals surface area contributed by atoms with E-state index in [1.807, 2.05) is 30.3 Å². The van der Waals surface area contributed by atoms with Gasteiger partial charge in [-0.05, 0) is 5.56 Å². The molecule has 2 amide bonds. The Labute approximate surface area is 92.8 Å². The van der Waals surface area contributed by atoms with Crippen LogP contribution in [0, 0.1) is 0 Å². The number of carbonyl (C=O) groups excluding carboxylic acids is 2. The zero-order chi connectivity index (χ0) is 11.5. The summed E-state index contributed by atoms with van der Waals surface area (Å²) in [6, 6.07) is 8.94. The number of nitrogens with zero attached hydrogens (tertiary/aromatic N) is 1. The molecule has 0 saturated carbocycles. The Hall–Kier alpha value is -1.88. The Morgan fingerprint density at radius 3 is 2.56 bits per heavy atom. The van der Waals surface area contributed by atoms with Gasteiger partial charge in [-0.3, -0.25) is 4.79 Å². The highest BCUT2D eigenvalue weighted by atomic mass is 16.6. The van der Waals surface area contributed by atoms with Gasteiger partial charge in [0, 0.05) is 6.04 Å². The first kappa shape index (κ1) is 10.6. The van der Waals surface area contributed by atoms with Gasteiger partial charge >= 0.3 is 6.09 Å². The molecule has 84 valence electrons. The van der Waals surface area contributed by atoms with Gasteiger partial charge in [0.25, 0.3) is 5.91 Å². The van der Waals surface area contributed by atoms with Crippen molar-refractivity contribution in [1.29, 1.82) is 0 Å². The van der Waals surface area contributed by atoms with E-state index in [-0.39, 0.29) is 25.1 Å². The first-order valence-corrected chi connectivity index (χ1v) is 4.96. The zero-order valence-electron chi connectivity index (χ0n) is 8.63. The van der Waals surface area contributed by atoms with Gasteiger partial charge in [0.2, 0.25) is 0 Å². The molecule has 5 heteroatoms. The number of nitrogens with two attached hydrogens (primary N) is 1. The van der Waals surface area contributed by atoms with E-state index in [0.717, 1.165) is 10.5 Å². The molecule has 0 aromatic heterocycles. The van der Waals surface area contributed by atoms with E-state index in [2.05, 4.69) is 4.74 Å². The molecule has 2 rings (SSSR count). The Bertz CT molecular complexity index is 389. The summed E-state index contributed by atoms with van der Waals surface area (Å²) < 4.78 is 4.60. The molecule has 1 aliphatic heterocycles. The summed E-state index contributed by atoms with van der Waals surface area (Å²) in [6.45, 7) is -0.0258. The van der Waals surface area contributed by atoms with Crippen molar-refractivity contribution in [1.82, 2.24) is 4.90 Å². The van der Waals surface area contributed by atoms with E-state index < -0.39 is 6.09 Å². The molecular formula is C11H12N2O3. The van der Waals surface area contributed by atoms with Gasteiger partial charge in [0.1, 0.15) is 0 Å².